The molecule has 0 radical (unpaired) electrons. The lowest BCUT2D eigenvalue weighted by atomic mass is 10.0. The van der Waals surface area contributed by atoms with Crippen molar-refractivity contribution in [3.63, 3.8) is 0 Å². The molecule has 4 rings (SSSR count). The number of ketones is 2. The zero-order valence-electron chi connectivity index (χ0n) is 31.2. The number of nitrogens with zero attached hydrogens (tertiary/aromatic N) is 2. The van der Waals surface area contributed by atoms with Gasteiger partial charge in [-0.25, -0.2) is 27.5 Å². The van der Waals surface area contributed by atoms with E-state index in [9.17, 15) is 45.5 Å². The fourth-order valence-corrected chi connectivity index (χ4v) is 5.04. The normalized spacial score (nSPS) is 11.5. The topological polar surface area (TPSA) is 148 Å². The van der Waals surface area contributed by atoms with E-state index in [1.807, 2.05) is 13.8 Å². The lowest BCUT2D eigenvalue weighted by Gasteiger charge is -2.18. The molecule has 17 heteroatoms. The third-order valence-corrected chi connectivity index (χ3v) is 8.20. The summed E-state index contributed by atoms with van der Waals surface area (Å²) in [6, 6.07) is 10.1. The number of para-hydroxylation sites is 2. The van der Waals surface area contributed by atoms with Crippen LogP contribution in [-0.2, 0) is 9.59 Å². The Morgan fingerprint density at radius 3 is 1.46 bits per heavy atom. The Labute approximate surface area is 331 Å². The number of Topliss-reactive ketones (excluding diaryl/α,β-unsaturated/α-hetero) is 2. The molecule has 2 aromatic heterocycles. The van der Waals surface area contributed by atoms with Gasteiger partial charge in [0.2, 0.25) is 11.9 Å². The van der Waals surface area contributed by atoms with Crippen LogP contribution in [0.5, 0.6) is 11.5 Å². The van der Waals surface area contributed by atoms with E-state index in [-0.39, 0.29) is 22.8 Å². The number of halogens is 7. The van der Waals surface area contributed by atoms with Crippen LogP contribution in [0.15, 0.2) is 73.1 Å². The molecule has 2 amide bonds. The van der Waals surface area contributed by atoms with Gasteiger partial charge in [-0.1, -0.05) is 64.5 Å². The van der Waals surface area contributed by atoms with Crippen LogP contribution in [0, 0.1) is 35.2 Å². The van der Waals surface area contributed by atoms with E-state index in [0.29, 0.717) is 19.3 Å². The van der Waals surface area contributed by atoms with Crippen LogP contribution < -0.4 is 15.4 Å². The summed E-state index contributed by atoms with van der Waals surface area (Å²) in [5, 5.41) is 13.4. The maximum atomic E-state index is 13.7. The highest BCUT2D eigenvalue weighted by molar-refractivity contribution is 6.28. The van der Waals surface area contributed by atoms with Crippen LogP contribution in [0.3, 0.4) is 0 Å². The summed E-state index contributed by atoms with van der Waals surface area (Å²) in [5.41, 5.74) is -0.466. The molecule has 3 N–H and O–H groups in total. The molecule has 0 unspecified atom stereocenters. The highest BCUT2D eigenvalue weighted by atomic mass is 35.5. The number of carbonyl (C=O) groups is 4. The van der Waals surface area contributed by atoms with Crippen molar-refractivity contribution in [2.45, 2.75) is 77.3 Å². The summed E-state index contributed by atoms with van der Waals surface area (Å²) >= 11 is 5.53. The van der Waals surface area contributed by atoms with Crippen LogP contribution >= 0.6 is 11.6 Å². The molecule has 0 aliphatic rings. The van der Waals surface area contributed by atoms with Gasteiger partial charge in [-0.2, -0.15) is 8.78 Å². The van der Waals surface area contributed by atoms with Crippen LogP contribution in [-0.4, -0.2) is 63.0 Å². The number of amides is 2. The number of ether oxygens (including phenoxy) is 1. The summed E-state index contributed by atoms with van der Waals surface area (Å²) in [5.74, 6) is -9.57. The highest BCUT2D eigenvalue weighted by Gasteiger charge is 2.25. The Kier molecular flexibility index (Phi) is 21.4. The predicted molar refractivity (Wildman–Crippen MR) is 200 cm³/mol. The van der Waals surface area contributed by atoms with Crippen molar-refractivity contribution in [2.24, 2.45) is 0 Å². The van der Waals surface area contributed by atoms with Crippen molar-refractivity contribution in [1.29, 1.82) is 0 Å². The number of phenolic OH excluding ortho intramolecular Hbond substituents is 1. The molecule has 0 bridgehead atoms. The maximum Gasteiger partial charge on any atom is 0.256 e. The first-order chi connectivity index (χ1) is 27.2. The van der Waals surface area contributed by atoms with Crippen molar-refractivity contribution >= 4 is 35.0 Å². The SMILES string of the molecule is CCCCC[C@H](NC(=O)c1cccnc1F)C(=O)CCl.CCCCC[C@H](NC(=O)c1cccnc1F)C(=O)COc1c(F)cccc1F.Oc1c(F)cccc1F. The molecule has 0 aliphatic heterocycles. The zero-order chi connectivity index (χ0) is 42.3. The van der Waals surface area contributed by atoms with Crippen molar-refractivity contribution in [2.75, 3.05) is 12.5 Å². The number of rotatable bonds is 18. The van der Waals surface area contributed by atoms with Gasteiger partial charge in [0.25, 0.3) is 11.8 Å². The van der Waals surface area contributed by atoms with Gasteiger partial charge in [-0.15, -0.1) is 11.6 Å². The van der Waals surface area contributed by atoms with Crippen molar-refractivity contribution < 1.29 is 55.4 Å². The summed E-state index contributed by atoms with van der Waals surface area (Å²) in [6.45, 7) is 3.39. The van der Waals surface area contributed by atoms with Gasteiger partial charge in [-0.05, 0) is 61.4 Å². The minimum Gasteiger partial charge on any atom is -0.503 e. The standard InChI is InChI=1S/C20H21F3N2O3.C14H18ClFN2O2.C6H4F2O/c1-2-3-4-10-16(25-20(27)13-7-6-11-24-19(13)23)17(26)12-28-18-14(21)8-5-9-15(18)22;1-2-3-4-7-11(12(19)9-15)18-14(20)10-6-5-8-17-13(10)16;7-4-2-1-3-5(8)6(4)9/h5-9,11,16H,2-4,10,12H2,1H3,(H,25,27);5-6,8,11H,2-4,7,9H2,1H3,(H,18,20);1-3,9H/t16-;11-;/m00./s1. The summed E-state index contributed by atoms with van der Waals surface area (Å²) < 4.78 is 83.5. The fraction of sp³-hybridized carbons (Fsp3) is 0.350. The second-order valence-electron chi connectivity index (χ2n) is 12.2. The average molecular weight is 825 g/mol. The zero-order valence-corrected chi connectivity index (χ0v) is 31.9. The van der Waals surface area contributed by atoms with Crippen molar-refractivity contribution in [1.82, 2.24) is 20.6 Å². The number of unbranched alkanes of at least 4 members (excludes halogenated alkanes) is 4. The average Bonchev–Trinajstić information content (AvgIpc) is 3.19. The largest absolute Gasteiger partial charge is 0.503 e. The van der Waals surface area contributed by atoms with Crippen LogP contribution in [0.4, 0.5) is 26.3 Å². The lowest BCUT2D eigenvalue weighted by molar-refractivity contribution is -0.123. The third-order valence-electron chi connectivity index (χ3n) is 7.94. The molecule has 0 saturated carbocycles. The first kappa shape index (κ1) is 47.6. The number of hydrogen-bond acceptors (Lipinski definition) is 8. The molecule has 4 aromatic rings. The number of aromatic nitrogens is 2. The van der Waals surface area contributed by atoms with Crippen molar-refractivity contribution in [3.05, 3.63) is 119 Å². The van der Waals surface area contributed by atoms with Gasteiger partial charge < -0.3 is 20.5 Å². The quantitative estimate of drug-likeness (QED) is 0.0394. The molecule has 2 atom stereocenters. The van der Waals surface area contributed by atoms with Crippen LogP contribution in [0.1, 0.15) is 85.9 Å². The number of carbonyl (C=O) groups excluding carboxylic acids is 4. The molecular weight excluding hydrogens is 782 g/mol. The van der Waals surface area contributed by atoms with Gasteiger partial charge >= 0.3 is 0 Å². The molecular formula is C40H43ClF6N4O6. The number of phenols is 1. The second kappa shape index (κ2) is 25.6. The number of pyridine rings is 2. The van der Waals surface area contributed by atoms with Crippen molar-refractivity contribution in [3.8, 4) is 11.5 Å². The highest BCUT2D eigenvalue weighted by Crippen LogP contribution is 2.21. The van der Waals surface area contributed by atoms with Gasteiger partial charge in [0.1, 0.15) is 6.61 Å². The molecule has 0 aliphatic carbocycles. The number of hydrogen-bond donors (Lipinski definition) is 3. The van der Waals surface area contributed by atoms with Gasteiger partial charge in [0.05, 0.1) is 29.1 Å². The lowest BCUT2D eigenvalue weighted by Crippen LogP contribution is -2.43. The first-order valence-electron chi connectivity index (χ1n) is 17.9. The molecule has 2 heterocycles. The molecule has 308 valence electrons. The maximum absolute atomic E-state index is 13.7. The van der Waals surface area contributed by atoms with E-state index in [1.165, 1.54) is 48.8 Å². The number of nitrogens with one attached hydrogen (secondary N) is 2. The molecule has 2 aromatic carbocycles. The van der Waals surface area contributed by atoms with Gasteiger partial charge in [0, 0.05) is 12.4 Å². The predicted octanol–water partition coefficient (Wildman–Crippen LogP) is 8.20. The molecule has 0 saturated heterocycles. The Morgan fingerprint density at radius 2 is 1.07 bits per heavy atom. The molecule has 10 nitrogen and oxygen atoms in total. The third kappa shape index (κ3) is 16.2. The van der Waals surface area contributed by atoms with E-state index in [0.717, 1.165) is 56.4 Å². The fourth-order valence-electron chi connectivity index (χ4n) is 4.85. The summed E-state index contributed by atoms with van der Waals surface area (Å²) in [6.07, 6.45) is 8.39. The van der Waals surface area contributed by atoms with Gasteiger partial charge in [-0.3, -0.25) is 19.2 Å². The van der Waals surface area contributed by atoms with Crippen LogP contribution in [0.2, 0.25) is 0 Å². The Morgan fingerprint density at radius 1 is 0.649 bits per heavy atom. The second-order valence-corrected chi connectivity index (χ2v) is 12.5. The Hall–Kier alpha value is -5.51. The Balaban J connectivity index is 0.000000334. The number of benzene rings is 2. The summed E-state index contributed by atoms with van der Waals surface area (Å²) in [4.78, 5) is 55.2. The monoisotopic (exact) mass is 824 g/mol. The molecule has 57 heavy (non-hydrogen) atoms. The molecule has 0 spiro atoms. The van der Waals surface area contributed by atoms with Crippen LogP contribution in [0.25, 0.3) is 0 Å². The minimum atomic E-state index is -0.978. The summed E-state index contributed by atoms with van der Waals surface area (Å²) in [7, 11) is 0. The Bertz CT molecular complexity index is 1880. The number of aromatic hydroxyl groups is 1. The van der Waals surface area contributed by atoms with E-state index in [1.54, 1.807) is 0 Å². The van der Waals surface area contributed by atoms with E-state index < -0.39 is 83.0 Å². The smallest absolute Gasteiger partial charge is 0.256 e. The first-order valence-corrected chi connectivity index (χ1v) is 18.4. The van der Waals surface area contributed by atoms with E-state index in [2.05, 4.69) is 20.6 Å². The minimum absolute atomic E-state index is 0.171. The van der Waals surface area contributed by atoms with Gasteiger partial charge in [0.15, 0.2) is 46.3 Å². The number of alkyl halides is 1. The molecule has 0 fully saturated rings. The van der Waals surface area contributed by atoms with E-state index in [4.69, 9.17) is 21.4 Å². The van der Waals surface area contributed by atoms with E-state index >= 15 is 0 Å².